The maximum atomic E-state index is 2.42. The van der Waals surface area contributed by atoms with Crippen LogP contribution in [0.25, 0.3) is 66.1 Å². The smallest absolute Gasteiger partial charge is 0.0546 e. The Bertz CT molecular complexity index is 2620. The highest BCUT2D eigenvalue weighted by Gasteiger charge is 2.19. The van der Waals surface area contributed by atoms with Gasteiger partial charge >= 0.3 is 0 Å². The zero-order valence-corrected chi connectivity index (χ0v) is 28.2. The molecule has 0 spiro atoms. The number of nitrogens with zero attached hydrogens (tertiary/aromatic N) is 1. The third-order valence-electron chi connectivity index (χ3n) is 9.83. The van der Waals surface area contributed by atoms with Gasteiger partial charge in [-0.05, 0) is 103 Å². The van der Waals surface area contributed by atoms with Gasteiger partial charge in [0.1, 0.15) is 0 Å². The molecular weight excluding hydrogens is 615 g/mol. The second-order valence-electron chi connectivity index (χ2n) is 13.0. The Morgan fingerprint density at radius 1 is 0.235 bits per heavy atom. The van der Waals surface area contributed by atoms with E-state index in [0.717, 1.165) is 17.1 Å². The Kier molecular flexibility index (Phi) is 7.92. The molecule has 1 heteroatoms. The molecule has 0 heterocycles. The van der Waals surface area contributed by atoms with Crippen molar-refractivity contribution in [3.63, 3.8) is 0 Å². The highest BCUT2D eigenvalue weighted by atomic mass is 15.1. The van der Waals surface area contributed by atoms with Crippen molar-refractivity contribution in [2.24, 2.45) is 0 Å². The maximum Gasteiger partial charge on any atom is 0.0546 e. The molecule has 0 aromatic heterocycles. The van der Waals surface area contributed by atoms with Crippen molar-refractivity contribution >= 4 is 38.6 Å². The number of hydrogen-bond donors (Lipinski definition) is 0. The van der Waals surface area contributed by atoms with Crippen molar-refractivity contribution < 1.29 is 0 Å². The fourth-order valence-corrected chi connectivity index (χ4v) is 7.18. The molecule has 0 bridgehead atoms. The molecule has 0 aliphatic carbocycles. The predicted molar refractivity (Wildman–Crippen MR) is 218 cm³/mol. The quantitative estimate of drug-likeness (QED) is 0.166. The largest absolute Gasteiger partial charge is 0.310 e. The first-order valence-corrected chi connectivity index (χ1v) is 17.5. The maximum absolute atomic E-state index is 2.42. The third kappa shape index (κ3) is 6.07. The van der Waals surface area contributed by atoms with E-state index in [9.17, 15) is 0 Å². The van der Waals surface area contributed by atoms with Crippen LogP contribution in [-0.4, -0.2) is 0 Å². The van der Waals surface area contributed by atoms with Crippen molar-refractivity contribution in [1.82, 2.24) is 0 Å². The fraction of sp³-hybridized carbons (Fsp3) is 0. The van der Waals surface area contributed by atoms with Gasteiger partial charge in [-0.2, -0.15) is 0 Å². The molecule has 0 radical (unpaired) electrons. The molecule has 0 aliphatic rings. The molecule has 0 saturated heterocycles. The van der Waals surface area contributed by atoms with Crippen molar-refractivity contribution in [1.29, 1.82) is 0 Å². The summed E-state index contributed by atoms with van der Waals surface area (Å²) in [5.41, 5.74) is 12.8. The molecule has 51 heavy (non-hydrogen) atoms. The van der Waals surface area contributed by atoms with Crippen molar-refractivity contribution in [3.8, 4) is 44.5 Å². The zero-order valence-electron chi connectivity index (χ0n) is 28.2. The lowest BCUT2D eigenvalue weighted by atomic mass is 9.95. The molecule has 0 amide bonds. The van der Waals surface area contributed by atoms with E-state index in [-0.39, 0.29) is 0 Å². The minimum atomic E-state index is 1.10. The highest BCUT2D eigenvalue weighted by molar-refractivity contribution is 5.94. The standard InChI is InChI=1S/C50H35N/c1-3-12-36(13-4-1)39-26-29-47(30-27-39)51(48-21-11-20-43(34-48)44-24-22-37-14-7-9-18-41(37)32-44)50-35-46(28-31-49(50)40-16-5-2-6-17-40)45-25-23-38-15-8-10-19-42(38)33-45/h1-35H. The van der Waals surface area contributed by atoms with Gasteiger partial charge in [0.15, 0.2) is 0 Å². The van der Waals surface area contributed by atoms with E-state index in [1.54, 1.807) is 0 Å². The topological polar surface area (TPSA) is 3.24 Å². The lowest BCUT2D eigenvalue weighted by molar-refractivity contribution is 1.28. The molecule has 0 fully saturated rings. The molecule has 0 N–H and O–H groups in total. The first kappa shape index (κ1) is 30.4. The molecular formula is C50H35N. The molecule has 1 nitrogen and oxygen atoms in total. The van der Waals surface area contributed by atoms with Crippen LogP contribution < -0.4 is 4.90 Å². The summed E-state index contributed by atoms with van der Waals surface area (Å²) < 4.78 is 0. The Morgan fingerprint density at radius 3 is 1.31 bits per heavy atom. The van der Waals surface area contributed by atoms with Gasteiger partial charge in [0, 0.05) is 16.9 Å². The highest BCUT2D eigenvalue weighted by Crippen LogP contribution is 2.44. The number of fused-ring (bicyclic) bond motifs is 2. The average molecular weight is 650 g/mol. The van der Waals surface area contributed by atoms with Gasteiger partial charge in [0.2, 0.25) is 0 Å². The zero-order chi connectivity index (χ0) is 34.0. The number of rotatable bonds is 7. The van der Waals surface area contributed by atoms with Gasteiger partial charge in [0.25, 0.3) is 0 Å². The normalized spacial score (nSPS) is 11.1. The summed E-state index contributed by atoms with van der Waals surface area (Å²) in [6.45, 7) is 0. The Morgan fingerprint density at radius 2 is 0.686 bits per heavy atom. The summed E-state index contributed by atoms with van der Waals surface area (Å²) in [5.74, 6) is 0. The van der Waals surface area contributed by atoms with Gasteiger partial charge in [-0.3, -0.25) is 0 Å². The van der Waals surface area contributed by atoms with Crippen molar-refractivity contribution in [2.75, 3.05) is 4.90 Å². The third-order valence-corrected chi connectivity index (χ3v) is 9.83. The van der Waals surface area contributed by atoms with E-state index in [1.807, 2.05) is 0 Å². The second kappa shape index (κ2) is 13.3. The Balaban J connectivity index is 1.25. The van der Waals surface area contributed by atoms with Crippen LogP contribution in [0.1, 0.15) is 0 Å². The summed E-state index contributed by atoms with van der Waals surface area (Å²) >= 11 is 0. The van der Waals surface area contributed by atoms with Gasteiger partial charge in [-0.1, -0.05) is 170 Å². The van der Waals surface area contributed by atoms with Crippen LogP contribution >= 0.6 is 0 Å². The van der Waals surface area contributed by atoms with Crippen LogP contribution in [0.4, 0.5) is 17.1 Å². The lowest BCUT2D eigenvalue weighted by Gasteiger charge is -2.29. The number of benzene rings is 9. The minimum Gasteiger partial charge on any atom is -0.310 e. The van der Waals surface area contributed by atoms with Crippen LogP contribution in [0.15, 0.2) is 212 Å². The summed E-state index contributed by atoms with van der Waals surface area (Å²) in [6.07, 6.45) is 0. The Hall–Kier alpha value is -6.70. The van der Waals surface area contributed by atoms with Gasteiger partial charge in [-0.25, -0.2) is 0 Å². The number of hydrogen-bond acceptors (Lipinski definition) is 1. The van der Waals surface area contributed by atoms with Gasteiger partial charge < -0.3 is 4.90 Å². The van der Waals surface area contributed by atoms with Gasteiger partial charge in [0.05, 0.1) is 5.69 Å². The molecule has 0 saturated carbocycles. The second-order valence-corrected chi connectivity index (χ2v) is 13.0. The fourth-order valence-electron chi connectivity index (χ4n) is 7.18. The predicted octanol–water partition coefficient (Wildman–Crippen LogP) is 14.1. The van der Waals surface area contributed by atoms with E-state index < -0.39 is 0 Å². The molecule has 0 aliphatic heterocycles. The van der Waals surface area contributed by atoms with Gasteiger partial charge in [-0.15, -0.1) is 0 Å². The molecule has 0 unspecified atom stereocenters. The first-order valence-electron chi connectivity index (χ1n) is 17.5. The van der Waals surface area contributed by atoms with E-state index in [1.165, 1.54) is 66.1 Å². The Labute approximate surface area is 299 Å². The van der Waals surface area contributed by atoms with Crippen molar-refractivity contribution in [3.05, 3.63) is 212 Å². The monoisotopic (exact) mass is 649 g/mol. The summed E-state index contributed by atoms with van der Waals surface area (Å²) in [4.78, 5) is 2.42. The van der Waals surface area contributed by atoms with Crippen LogP contribution in [-0.2, 0) is 0 Å². The number of anilines is 3. The summed E-state index contributed by atoms with van der Waals surface area (Å²) in [5, 5.41) is 4.96. The minimum absolute atomic E-state index is 1.10. The molecule has 9 aromatic rings. The van der Waals surface area contributed by atoms with Crippen LogP contribution in [0, 0.1) is 0 Å². The molecule has 240 valence electrons. The summed E-state index contributed by atoms with van der Waals surface area (Å²) in [6, 6.07) is 76.8. The SMILES string of the molecule is c1ccc(-c2ccc(N(c3cccc(-c4ccc5ccccc5c4)c3)c3cc(-c4ccc5ccccc5c4)ccc3-c3ccccc3)cc2)cc1. The van der Waals surface area contributed by atoms with Crippen LogP contribution in [0.2, 0.25) is 0 Å². The lowest BCUT2D eigenvalue weighted by Crippen LogP contribution is -2.11. The molecule has 9 rings (SSSR count). The summed E-state index contributed by atoms with van der Waals surface area (Å²) in [7, 11) is 0. The van der Waals surface area contributed by atoms with E-state index in [0.29, 0.717) is 0 Å². The van der Waals surface area contributed by atoms with E-state index in [2.05, 4.69) is 217 Å². The first-order chi connectivity index (χ1) is 25.3. The molecule has 9 aromatic carbocycles. The van der Waals surface area contributed by atoms with E-state index in [4.69, 9.17) is 0 Å². The van der Waals surface area contributed by atoms with Crippen LogP contribution in [0.3, 0.4) is 0 Å². The van der Waals surface area contributed by atoms with E-state index >= 15 is 0 Å². The molecule has 0 atom stereocenters. The van der Waals surface area contributed by atoms with Crippen LogP contribution in [0.5, 0.6) is 0 Å². The average Bonchev–Trinajstić information content (AvgIpc) is 3.21. The van der Waals surface area contributed by atoms with Crippen molar-refractivity contribution in [2.45, 2.75) is 0 Å².